The molecule has 1 aliphatic carbocycles. The Bertz CT molecular complexity index is 760. The van der Waals surface area contributed by atoms with Crippen molar-refractivity contribution in [3.63, 3.8) is 0 Å². The zero-order chi connectivity index (χ0) is 16.7. The molecule has 4 rings (SSSR count). The molecular formula is C18H25N5O. The molecule has 0 saturated carbocycles. The topological polar surface area (TPSA) is 66.8 Å². The predicted molar refractivity (Wildman–Crippen MR) is 91.0 cm³/mol. The molecule has 128 valence electrons. The van der Waals surface area contributed by atoms with Gasteiger partial charge in [-0.3, -0.25) is 14.6 Å². The molecule has 0 radical (unpaired) electrons. The number of aromatic nitrogens is 4. The van der Waals surface area contributed by atoms with Crippen molar-refractivity contribution in [2.24, 2.45) is 0 Å². The lowest BCUT2D eigenvalue weighted by Crippen LogP contribution is -2.46. The second kappa shape index (κ2) is 6.07. The average Bonchev–Trinajstić information content (AvgIpc) is 3.24. The first-order chi connectivity index (χ1) is 11.6. The molecule has 6 heteroatoms. The van der Waals surface area contributed by atoms with Crippen LogP contribution in [0.25, 0.3) is 0 Å². The Morgan fingerprint density at radius 1 is 1.29 bits per heavy atom. The molecule has 0 aromatic carbocycles. The van der Waals surface area contributed by atoms with Gasteiger partial charge in [-0.2, -0.15) is 10.2 Å². The second-order valence-electron chi connectivity index (χ2n) is 7.14. The number of fused-ring (bicyclic) bond motifs is 1. The molecule has 0 unspecified atom stereocenters. The van der Waals surface area contributed by atoms with Crippen LogP contribution in [-0.4, -0.2) is 43.4 Å². The van der Waals surface area contributed by atoms with Crippen LogP contribution in [-0.2, 0) is 19.4 Å². The number of amides is 1. The fraction of sp³-hybridized carbons (Fsp3) is 0.611. The molecule has 1 atom stereocenters. The number of aromatic amines is 1. The summed E-state index contributed by atoms with van der Waals surface area (Å²) in [5.74, 6) is 0.0978. The van der Waals surface area contributed by atoms with E-state index in [1.54, 1.807) is 0 Å². The van der Waals surface area contributed by atoms with Crippen LogP contribution in [0.1, 0.15) is 58.8 Å². The van der Waals surface area contributed by atoms with Crippen LogP contribution < -0.4 is 0 Å². The highest BCUT2D eigenvalue weighted by Crippen LogP contribution is 2.27. The predicted octanol–water partition coefficient (Wildman–Crippen LogP) is 2.41. The van der Waals surface area contributed by atoms with E-state index in [0.717, 1.165) is 67.8 Å². The van der Waals surface area contributed by atoms with E-state index in [9.17, 15) is 4.79 Å². The highest BCUT2D eigenvalue weighted by atomic mass is 16.2. The van der Waals surface area contributed by atoms with Gasteiger partial charge in [-0.25, -0.2) is 0 Å². The fourth-order valence-electron chi connectivity index (χ4n) is 4.15. The summed E-state index contributed by atoms with van der Waals surface area (Å²) in [6.45, 7) is 5.69. The smallest absolute Gasteiger partial charge is 0.274 e. The molecule has 0 bridgehead atoms. The second-order valence-corrected chi connectivity index (χ2v) is 7.14. The zero-order valence-corrected chi connectivity index (χ0v) is 14.5. The standard InChI is InChI=1S/C18H25N5O/c1-12-10-13(2)23(21-12)11-14-6-3-4-9-22(14)18(24)17-15-7-5-8-16(15)19-20-17/h10,14H,3-9,11H2,1-2H3,(H,19,20)/t14-/m0/s1. The molecule has 1 amide bonds. The Morgan fingerprint density at radius 2 is 2.17 bits per heavy atom. The third kappa shape index (κ3) is 2.64. The SMILES string of the molecule is Cc1cc(C)n(C[C@@H]2CCCCN2C(=O)c2n[nH]c3c2CCC3)n1. The van der Waals surface area contributed by atoms with Gasteiger partial charge in [0.25, 0.3) is 5.91 Å². The zero-order valence-electron chi connectivity index (χ0n) is 14.5. The van der Waals surface area contributed by atoms with Crippen LogP contribution in [0, 0.1) is 13.8 Å². The number of carbonyl (C=O) groups is 1. The summed E-state index contributed by atoms with van der Waals surface area (Å²) in [5, 5.41) is 12.0. The molecule has 3 heterocycles. The first-order valence-electron chi connectivity index (χ1n) is 9.01. The van der Waals surface area contributed by atoms with Crippen molar-refractivity contribution in [3.8, 4) is 0 Å². The molecule has 1 saturated heterocycles. The molecule has 1 N–H and O–H groups in total. The first-order valence-corrected chi connectivity index (χ1v) is 9.01. The number of aryl methyl sites for hydroxylation is 3. The van der Waals surface area contributed by atoms with Gasteiger partial charge in [0.2, 0.25) is 0 Å². The summed E-state index contributed by atoms with van der Waals surface area (Å²) in [5.41, 5.74) is 5.15. The van der Waals surface area contributed by atoms with Crippen LogP contribution in [0.3, 0.4) is 0 Å². The van der Waals surface area contributed by atoms with Crippen LogP contribution in [0.15, 0.2) is 6.07 Å². The number of H-pyrrole nitrogens is 1. The number of hydrogen-bond donors (Lipinski definition) is 1. The minimum absolute atomic E-state index is 0.0978. The summed E-state index contributed by atoms with van der Waals surface area (Å²) >= 11 is 0. The van der Waals surface area contributed by atoms with Crippen molar-refractivity contribution in [2.45, 2.75) is 65.0 Å². The Labute approximate surface area is 142 Å². The summed E-state index contributed by atoms with van der Waals surface area (Å²) in [4.78, 5) is 15.2. The normalized spacial score (nSPS) is 20.4. The van der Waals surface area contributed by atoms with Crippen LogP contribution in [0.4, 0.5) is 0 Å². The summed E-state index contributed by atoms with van der Waals surface area (Å²) in [7, 11) is 0. The van der Waals surface area contributed by atoms with E-state index in [4.69, 9.17) is 0 Å². The van der Waals surface area contributed by atoms with E-state index in [1.165, 1.54) is 6.42 Å². The van der Waals surface area contributed by atoms with Gasteiger partial charge in [0.05, 0.1) is 18.3 Å². The maximum absolute atomic E-state index is 13.1. The summed E-state index contributed by atoms with van der Waals surface area (Å²) in [6, 6.07) is 2.30. The Hall–Kier alpha value is -2.11. The van der Waals surface area contributed by atoms with Gasteiger partial charge in [-0.15, -0.1) is 0 Å². The lowest BCUT2D eigenvalue weighted by atomic mass is 10.0. The maximum atomic E-state index is 13.1. The number of piperidine rings is 1. The number of rotatable bonds is 3. The van der Waals surface area contributed by atoms with Crippen LogP contribution in [0.2, 0.25) is 0 Å². The highest BCUT2D eigenvalue weighted by molar-refractivity contribution is 5.94. The van der Waals surface area contributed by atoms with Crippen molar-refractivity contribution in [1.82, 2.24) is 24.9 Å². The Morgan fingerprint density at radius 3 is 2.96 bits per heavy atom. The number of hydrogen-bond acceptors (Lipinski definition) is 3. The van der Waals surface area contributed by atoms with Gasteiger partial charge in [0, 0.05) is 23.5 Å². The van der Waals surface area contributed by atoms with Crippen LogP contribution >= 0.6 is 0 Å². The average molecular weight is 327 g/mol. The van der Waals surface area contributed by atoms with E-state index in [2.05, 4.69) is 28.3 Å². The van der Waals surface area contributed by atoms with Gasteiger partial charge in [-0.05, 0) is 58.4 Å². The largest absolute Gasteiger partial charge is 0.332 e. The first kappa shape index (κ1) is 15.4. The molecule has 2 aliphatic rings. The minimum atomic E-state index is 0.0978. The fourth-order valence-corrected chi connectivity index (χ4v) is 4.15. The Kier molecular flexibility index (Phi) is 3.90. The number of nitrogens with zero attached hydrogens (tertiary/aromatic N) is 4. The highest BCUT2D eigenvalue weighted by Gasteiger charge is 2.32. The maximum Gasteiger partial charge on any atom is 0.274 e. The van der Waals surface area contributed by atoms with Gasteiger partial charge in [0.1, 0.15) is 0 Å². The van der Waals surface area contributed by atoms with Crippen LogP contribution in [0.5, 0.6) is 0 Å². The van der Waals surface area contributed by atoms with E-state index < -0.39 is 0 Å². The van der Waals surface area contributed by atoms with Crippen molar-refractivity contribution >= 4 is 5.91 Å². The molecule has 0 spiro atoms. The molecule has 1 fully saturated rings. The Balaban J connectivity index is 1.57. The van der Waals surface area contributed by atoms with E-state index in [1.807, 2.05) is 16.5 Å². The van der Waals surface area contributed by atoms with Gasteiger partial charge >= 0.3 is 0 Å². The number of likely N-dealkylation sites (tertiary alicyclic amines) is 1. The lowest BCUT2D eigenvalue weighted by molar-refractivity contribution is 0.0575. The third-order valence-electron chi connectivity index (χ3n) is 5.38. The van der Waals surface area contributed by atoms with Crippen molar-refractivity contribution in [1.29, 1.82) is 0 Å². The monoisotopic (exact) mass is 327 g/mol. The molecule has 24 heavy (non-hydrogen) atoms. The lowest BCUT2D eigenvalue weighted by Gasteiger charge is -2.35. The number of nitrogens with one attached hydrogen (secondary N) is 1. The van der Waals surface area contributed by atoms with Gasteiger partial charge in [-0.1, -0.05) is 0 Å². The molecule has 2 aromatic rings. The summed E-state index contributed by atoms with van der Waals surface area (Å²) < 4.78 is 2.04. The third-order valence-corrected chi connectivity index (χ3v) is 5.38. The van der Waals surface area contributed by atoms with E-state index >= 15 is 0 Å². The van der Waals surface area contributed by atoms with Crippen molar-refractivity contribution in [3.05, 3.63) is 34.4 Å². The van der Waals surface area contributed by atoms with Gasteiger partial charge in [0.15, 0.2) is 5.69 Å². The molecule has 6 nitrogen and oxygen atoms in total. The van der Waals surface area contributed by atoms with Crippen molar-refractivity contribution < 1.29 is 4.79 Å². The minimum Gasteiger partial charge on any atom is -0.332 e. The molecular weight excluding hydrogens is 302 g/mol. The van der Waals surface area contributed by atoms with E-state index in [0.29, 0.717) is 5.69 Å². The van der Waals surface area contributed by atoms with E-state index in [-0.39, 0.29) is 11.9 Å². The van der Waals surface area contributed by atoms with Crippen molar-refractivity contribution in [2.75, 3.05) is 6.54 Å². The molecule has 2 aromatic heterocycles. The number of carbonyl (C=O) groups excluding carboxylic acids is 1. The quantitative estimate of drug-likeness (QED) is 0.941. The molecule has 1 aliphatic heterocycles. The van der Waals surface area contributed by atoms with Gasteiger partial charge < -0.3 is 4.90 Å². The summed E-state index contributed by atoms with van der Waals surface area (Å²) in [6.07, 6.45) is 6.40.